The van der Waals surface area contributed by atoms with Gasteiger partial charge in [-0.2, -0.15) is 4.31 Å². The molecule has 0 saturated heterocycles. The first-order valence-electron chi connectivity index (χ1n) is 6.60. The van der Waals surface area contributed by atoms with Crippen molar-refractivity contribution in [3.05, 3.63) is 29.8 Å². The van der Waals surface area contributed by atoms with Crippen molar-refractivity contribution in [2.75, 3.05) is 12.9 Å². The molecule has 108 valence electrons. The van der Waals surface area contributed by atoms with Gasteiger partial charge < -0.3 is 0 Å². The fraction of sp³-hybridized carbons (Fsp3) is 0.571. The molecule has 0 bridgehead atoms. The molecular formula is C14H22ClNO2S. The number of alkyl halides is 1. The van der Waals surface area contributed by atoms with Crippen LogP contribution >= 0.6 is 11.6 Å². The molecule has 1 aromatic rings. The molecule has 0 heterocycles. The molecule has 0 radical (unpaired) electrons. The highest BCUT2D eigenvalue weighted by Gasteiger charge is 2.25. The Labute approximate surface area is 121 Å². The number of hydrogen-bond donors (Lipinski definition) is 0. The summed E-state index contributed by atoms with van der Waals surface area (Å²) in [6.45, 7) is 4.01. The Bertz CT molecular complexity index is 481. The van der Waals surface area contributed by atoms with Crippen LogP contribution in [0.1, 0.15) is 32.3 Å². The molecule has 0 spiro atoms. The molecule has 0 aliphatic rings. The Morgan fingerprint density at radius 3 is 2.11 bits per heavy atom. The molecule has 1 aromatic carbocycles. The van der Waals surface area contributed by atoms with E-state index in [2.05, 4.69) is 0 Å². The summed E-state index contributed by atoms with van der Waals surface area (Å²) in [4.78, 5) is 0.347. The largest absolute Gasteiger partial charge is 0.243 e. The zero-order valence-electron chi connectivity index (χ0n) is 11.8. The van der Waals surface area contributed by atoms with Crippen LogP contribution < -0.4 is 0 Å². The van der Waals surface area contributed by atoms with Crippen LogP contribution in [0.4, 0.5) is 0 Å². The molecule has 0 unspecified atom stereocenters. The molecule has 0 amide bonds. The highest BCUT2D eigenvalue weighted by molar-refractivity contribution is 7.89. The van der Waals surface area contributed by atoms with Gasteiger partial charge in [0.1, 0.15) is 0 Å². The van der Waals surface area contributed by atoms with Gasteiger partial charge >= 0.3 is 0 Å². The SMILES string of the molecule is CCC(CC)N(C)S(=O)(=O)c1ccc(CCCl)cc1. The molecule has 0 atom stereocenters. The number of hydrogen-bond acceptors (Lipinski definition) is 2. The lowest BCUT2D eigenvalue weighted by atomic mass is 10.2. The number of aryl methyl sites for hydroxylation is 1. The van der Waals surface area contributed by atoms with E-state index in [1.165, 1.54) is 4.31 Å². The first-order valence-corrected chi connectivity index (χ1v) is 8.57. The van der Waals surface area contributed by atoms with E-state index in [-0.39, 0.29) is 6.04 Å². The van der Waals surface area contributed by atoms with Crippen LogP contribution in [0, 0.1) is 0 Å². The molecular weight excluding hydrogens is 282 g/mol. The van der Waals surface area contributed by atoms with Crippen LogP contribution in [0.15, 0.2) is 29.2 Å². The topological polar surface area (TPSA) is 37.4 Å². The summed E-state index contributed by atoms with van der Waals surface area (Å²) >= 11 is 5.67. The Morgan fingerprint density at radius 1 is 1.16 bits per heavy atom. The highest BCUT2D eigenvalue weighted by Crippen LogP contribution is 2.20. The zero-order chi connectivity index (χ0) is 14.5. The average molecular weight is 304 g/mol. The van der Waals surface area contributed by atoms with Gasteiger partial charge in [0.25, 0.3) is 0 Å². The Kier molecular flexibility index (Phi) is 6.30. The fourth-order valence-electron chi connectivity index (χ4n) is 2.10. The van der Waals surface area contributed by atoms with E-state index in [1.54, 1.807) is 19.2 Å². The average Bonchev–Trinajstić information content (AvgIpc) is 2.41. The summed E-state index contributed by atoms with van der Waals surface area (Å²) in [6.07, 6.45) is 2.39. The van der Waals surface area contributed by atoms with Crippen LogP contribution in [-0.4, -0.2) is 31.7 Å². The summed E-state index contributed by atoms with van der Waals surface area (Å²) in [5.41, 5.74) is 1.05. The van der Waals surface area contributed by atoms with Gasteiger partial charge in [-0.1, -0.05) is 26.0 Å². The third-order valence-electron chi connectivity index (χ3n) is 3.44. The lowest BCUT2D eigenvalue weighted by Gasteiger charge is -2.25. The van der Waals surface area contributed by atoms with Crippen molar-refractivity contribution >= 4 is 21.6 Å². The second kappa shape index (κ2) is 7.27. The van der Waals surface area contributed by atoms with Gasteiger partial charge in [-0.3, -0.25) is 0 Å². The molecule has 0 fully saturated rings. The third kappa shape index (κ3) is 3.94. The first kappa shape index (κ1) is 16.5. The number of benzene rings is 1. The number of nitrogens with zero attached hydrogens (tertiary/aromatic N) is 1. The molecule has 0 aliphatic carbocycles. The maximum absolute atomic E-state index is 12.5. The normalized spacial score (nSPS) is 12.3. The van der Waals surface area contributed by atoms with E-state index in [1.807, 2.05) is 26.0 Å². The summed E-state index contributed by atoms with van der Waals surface area (Å²) in [5.74, 6) is 0.541. The van der Waals surface area contributed by atoms with Gasteiger partial charge in [-0.05, 0) is 37.0 Å². The van der Waals surface area contributed by atoms with Gasteiger partial charge in [-0.25, -0.2) is 8.42 Å². The van der Waals surface area contributed by atoms with Crippen molar-refractivity contribution in [2.45, 2.75) is 44.0 Å². The molecule has 0 N–H and O–H groups in total. The van der Waals surface area contributed by atoms with Crippen molar-refractivity contribution < 1.29 is 8.42 Å². The van der Waals surface area contributed by atoms with E-state index in [0.717, 1.165) is 24.8 Å². The number of rotatable bonds is 7. The molecule has 19 heavy (non-hydrogen) atoms. The van der Waals surface area contributed by atoms with Gasteiger partial charge in [-0.15, -0.1) is 11.6 Å². The van der Waals surface area contributed by atoms with Crippen molar-refractivity contribution in [3.8, 4) is 0 Å². The van der Waals surface area contributed by atoms with Gasteiger partial charge in [0.05, 0.1) is 4.90 Å². The minimum atomic E-state index is -3.39. The predicted molar refractivity (Wildman–Crippen MR) is 80.2 cm³/mol. The molecule has 0 aromatic heterocycles. The quantitative estimate of drug-likeness (QED) is 0.725. The van der Waals surface area contributed by atoms with Crippen LogP contribution in [0.5, 0.6) is 0 Å². The predicted octanol–water partition coefficient (Wildman–Crippen LogP) is 3.28. The van der Waals surface area contributed by atoms with Crippen molar-refractivity contribution in [1.82, 2.24) is 4.31 Å². The van der Waals surface area contributed by atoms with Crippen LogP contribution in [0.2, 0.25) is 0 Å². The van der Waals surface area contributed by atoms with Crippen LogP contribution in [0.3, 0.4) is 0 Å². The van der Waals surface area contributed by atoms with E-state index >= 15 is 0 Å². The second-order valence-corrected chi connectivity index (χ2v) is 6.95. The van der Waals surface area contributed by atoms with Crippen molar-refractivity contribution in [3.63, 3.8) is 0 Å². The smallest absolute Gasteiger partial charge is 0.207 e. The summed E-state index contributed by atoms with van der Waals surface area (Å²) < 4.78 is 26.4. The van der Waals surface area contributed by atoms with Gasteiger partial charge in [0, 0.05) is 19.0 Å². The van der Waals surface area contributed by atoms with E-state index in [4.69, 9.17) is 11.6 Å². The molecule has 3 nitrogen and oxygen atoms in total. The van der Waals surface area contributed by atoms with Crippen LogP contribution in [0.25, 0.3) is 0 Å². The third-order valence-corrected chi connectivity index (χ3v) is 5.55. The minimum absolute atomic E-state index is 0.0486. The Morgan fingerprint density at radius 2 is 1.68 bits per heavy atom. The van der Waals surface area contributed by atoms with Crippen molar-refractivity contribution in [1.29, 1.82) is 0 Å². The first-order chi connectivity index (χ1) is 8.97. The Balaban J connectivity index is 2.99. The van der Waals surface area contributed by atoms with E-state index in [0.29, 0.717) is 10.8 Å². The highest BCUT2D eigenvalue weighted by atomic mass is 35.5. The molecule has 0 saturated carbocycles. The van der Waals surface area contributed by atoms with Gasteiger partial charge in [0.15, 0.2) is 0 Å². The summed E-state index contributed by atoms with van der Waals surface area (Å²) in [7, 11) is -1.74. The second-order valence-electron chi connectivity index (χ2n) is 4.57. The van der Waals surface area contributed by atoms with E-state index in [9.17, 15) is 8.42 Å². The molecule has 1 rings (SSSR count). The van der Waals surface area contributed by atoms with Gasteiger partial charge in [0.2, 0.25) is 10.0 Å². The number of halogens is 1. The molecule has 5 heteroatoms. The molecule has 0 aliphatic heterocycles. The minimum Gasteiger partial charge on any atom is -0.207 e. The van der Waals surface area contributed by atoms with E-state index < -0.39 is 10.0 Å². The fourth-order valence-corrected chi connectivity index (χ4v) is 3.82. The maximum Gasteiger partial charge on any atom is 0.243 e. The Hall–Kier alpha value is -0.580. The summed E-state index contributed by atoms with van der Waals surface area (Å²) in [5, 5.41) is 0. The standard InChI is InChI=1S/C14H22ClNO2S/c1-4-13(5-2)16(3)19(17,18)14-8-6-12(7-9-14)10-11-15/h6-9,13H,4-5,10-11H2,1-3H3. The lowest BCUT2D eigenvalue weighted by Crippen LogP contribution is -2.36. The maximum atomic E-state index is 12.5. The monoisotopic (exact) mass is 303 g/mol. The van der Waals surface area contributed by atoms with Crippen molar-refractivity contribution in [2.24, 2.45) is 0 Å². The summed E-state index contributed by atoms with van der Waals surface area (Å²) in [6, 6.07) is 7.03. The number of sulfonamides is 1. The van der Waals surface area contributed by atoms with Crippen LogP contribution in [-0.2, 0) is 16.4 Å². The lowest BCUT2D eigenvalue weighted by molar-refractivity contribution is 0.349. The zero-order valence-corrected chi connectivity index (χ0v) is 13.3.